The van der Waals surface area contributed by atoms with Gasteiger partial charge in [0.25, 0.3) is 0 Å². The van der Waals surface area contributed by atoms with Crippen LogP contribution in [0.3, 0.4) is 0 Å². The second-order valence-corrected chi connectivity index (χ2v) is 5.06. The van der Waals surface area contributed by atoms with Gasteiger partial charge in [-0.25, -0.2) is 0 Å². The first-order valence-electron chi connectivity index (χ1n) is 6.98. The van der Waals surface area contributed by atoms with Crippen LogP contribution in [0, 0.1) is 0 Å². The Kier molecular flexibility index (Phi) is 7.35. The Balaban J connectivity index is 0.000000180. The molecule has 1 aliphatic heterocycles. The van der Waals surface area contributed by atoms with E-state index in [4.69, 9.17) is 0 Å². The van der Waals surface area contributed by atoms with Crippen molar-refractivity contribution < 1.29 is 0 Å². The molecule has 0 N–H and O–H groups in total. The van der Waals surface area contributed by atoms with Crippen molar-refractivity contribution in [2.75, 3.05) is 19.6 Å². The number of likely N-dealkylation sites (tertiary alicyclic amines) is 1. The van der Waals surface area contributed by atoms with E-state index in [2.05, 4.69) is 30.3 Å². The van der Waals surface area contributed by atoms with Gasteiger partial charge >= 0.3 is 0 Å². The van der Waals surface area contributed by atoms with Crippen molar-refractivity contribution >= 4 is 0 Å². The third-order valence-corrected chi connectivity index (χ3v) is 3.12. The summed E-state index contributed by atoms with van der Waals surface area (Å²) in [6, 6.07) is 6.00. The van der Waals surface area contributed by atoms with Gasteiger partial charge in [-0.05, 0) is 44.0 Å². The molecule has 0 atom stereocenters. The van der Waals surface area contributed by atoms with Crippen LogP contribution in [-0.2, 0) is 0 Å². The zero-order valence-corrected chi connectivity index (χ0v) is 11.8. The highest BCUT2D eigenvalue weighted by Crippen LogP contribution is 2.08. The molecular formula is C16H26N2. The number of aromatic nitrogens is 1. The Morgan fingerprint density at radius 3 is 2.44 bits per heavy atom. The maximum Gasteiger partial charge on any atom is 0.0428 e. The van der Waals surface area contributed by atoms with E-state index in [0.29, 0.717) is 5.92 Å². The van der Waals surface area contributed by atoms with Crippen molar-refractivity contribution in [1.29, 1.82) is 0 Å². The Morgan fingerprint density at radius 1 is 1.28 bits per heavy atom. The van der Waals surface area contributed by atoms with Crippen molar-refractivity contribution in [2.24, 2.45) is 0 Å². The topological polar surface area (TPSA) is 16.1 Å². The molecule has 2 rings (SSSR count). The molecule has 0 spiro atoms. The fourth-order valence-corrected chi connectivity index (χ4v) is 2.04. The summed E-state index contributed by atoms with van der Waals surface area (Å²) in [5.74, 6) is 0.547. The lowest BCUT2D eigenvalue weighted by molar-refractivity contribution is 0.251. The lowest BCUT2D eigenvalue weighted by atomic mass is 10.1. The molecule has 0 amide bonds. The third kappa shape index (κ3) is 5.97. The molecule has 0 aliphatic carbocycles. The van der Waals surface area contributed by atoms with E-state index in [1.165, 1.54) is 32.4 Å². The number of nitrogens with zero attached hydrogens (tertiary/aromatic N) is 2. The van der Waals surface area contributed by atoms with Crippen molar-refractivity contribution in [3.8, 4) is 0 Å². The predicted octanol–water partition coefficient (Wildman–Crippen LogP) is 3.86. The Morgan fingerprint density at radius 2 is 2.00 bits per heavy atom. The zero-order chi connectivity index (χ0) is 13.2. The van der Waals surface area contributed by atoms with Crippen LogP contribution in [0.25, 0.3) is 0 Å². The molecule has 2 heterocycles. The predicted molar refractivity (Wildman–Crippen MR) is 78.8 cm³/mol. The minimum absolute atomic E-state index is 0.547. The number of hydrogen-bond donors (Lipinski definition) is 0. The highest BCUT2D eigenvalue weighted by Gasteiger charge is 2.06. The standard InChI is InChI=1S/C8H11N.C8H15N/c1-7(2)8-5-3-4-6-9-8;1-2-6-9-7-4-3-5-8-9/h3-7H,1-2H3;2H,1,3-8H2. The van der Waals surface area contributed by atoms with Gasteiger partial charge in [0.1, 0.15) is 0 Å². The fraction of sp³-hybridized carbons (Fsp3) is 0.562. The van der Waals surface area contributed by atoms with Crippen molar-refractivity contribution in [2.45, 2.75) is 39.0 Å². The summed E-state index contributed by atoms with van der Waals surface area (Å²) in [6.45, 7) is 11.6. The third-order valence-electron chi connectivity index (χ3n) is 3.12. The molecule has 1 fully saturated rings. The summed E-state index contributed by atoms with van der Waals surface area (Å²) in [7, 11) is 0. The molecule has 0 bridgehead atoms. The highest BCUT2D eigenvalue weighted by molar-refractivity contribution is 5.06. The number of pyridine rings is 1. The smallest absolute Gasteiger partial charge is 0.0428 e. The van der Waals surface area contributed by atoms with E-state index < -0.39 is 0 Å². The molecule has 0 aromatic carbocycles. The molecule has 2 heteroatoms. The average Bonchev–Trinajstić information content (AvgIpc) is 2.42. The maximum absolute atomic E-state index is 4.18. The minimum Gasteiger partial charge on any atom is -0.300 e. The number of piperidine rings is 1. The highest BCUT2D eigenvalue weighted by atomic mass is 15.1. The largest absolute Gasteiger partial charge is 0.300 e. The lowest BCUT2D eigenvalue weighted by Gasteiger charge is -2.24. The lowest BCUT2D eigenvalue weighted by Crippen LogP contribution is -2.29. The molecule has 18 heavy (non-hydrogen) atoms. The average molecular weight is 246 g/mol. The molecule has 2 nitrogen and oxygen atoms in total. The molecule has 1 saturated heterocycles. The monoisotopic (exact) mass is 246 g/mol. The van der Waals surface area contributed by atoms with Gasteiger partial charge in [0.05, 0.1) is 0 Å². The van der Waals surface area contributed by atoms with Gasteiger partial charge in [-0.15, -0.1) is 6.58 Å². The molecule has 1 aliphatic rings. The zero-order valence-electron chi connectivity index (χ0n) is 11.8. The van der Waals surface area contributed by atoms with Crippen molar-refractivity contribution in [3.63, 3.8) is 0 Å². The summed E-state index contributed by atoms with van der Waals surface area (Å²) < 4.78 is 0. The van der Waals surface area contributed by atoms with Gasteiger partial charge in [-0.2, -0.15) is 0 Å². The first kappa shape index (κ1) is 14.9. The Bertz CT molecular complexity index is 313. The normalized spacial score (nSPS) is 15.9. The van der Waals surface area contributed by atoms with Gasteiger partial charge in [0.2, 0.25) is 0 Å². The van der Waals surface area contributed by atoms with Crippen LogP contribution in [0.2, 0.25) is 0 Å². The van der Waals surface area contributed by atoms with Crippen LogP contribution in [0.1, 0.15) is 44.7 Å². The van der Waals surface area contributed by atoms with Crippen molar-refractivity contribution in [3.05, 3.63) is 42.7 Å². The van der Waals surface area contributed by atoms with Crippen LogP contribution in [0.15, 0.2) is 37.1 Å². The summed E-state index contributed by atoms with van der Waals surface area (Å²) in [4.78, 5) is 6.63. The van der Waals surface area contributed by atoms with Gasteiger partial charge in [0.15, 0.2) is 0 Å². The van der Waals surface area contributed by atoms with Crippen LogP contribution in [-0.4, -0.2) is 29.5 Å². The SMILES string of the molecule is C=CCN1CCCCC1.CC(C)c1ccccn1. The molecule has 1 aromatic heterocycles. The molecule has 1 aromatic rings. The van der Waals surface area contributed by atoms with Crippen LogP contribution >= 0.6 is 0 Å². The minimum atomic E-state index is 0.547. The second kappa shape index (κ2) is 8.87. The molecular weight excluding hydrogens is 220 g/mol. The molecule has 0 radical (unpaired) electrons. The van der Waals surface area contributed by atoms with Crippen LogP contribution in [0.5, 0.6) is 0 Å². The van der Waals surface area contributed by atoms with E-state index in [1.54, 1.807) is 0 Å². The summed E-state index contributed by atoms with van der Waals surface area (Å²) in [5.41, 5.74) is 1.16. The maximum atomic E-state index is 4.18. The summed E-state index contributed by atoms with van der Waals surface area (Å²) >= 11 is 0. The van der Waals surface area contributed by atoms with Gasteiger partial charge in [-0.1, -0.05) is 32.4 Å². The van der Waals surface area contributed by atoms with Crippen LogP contribution < -0.4 is 0 Å². The van der Waals surface area contributed by atoms with E-state index in [1.807, 2.05) is 30.5 Å². The van der Waals surface area contributed by atoms with Gasteiger partial charge in [0, 0.05) is 18.4 Å². The van der Waals surface area contributed by atoms with E-state index in [0.717, 1.165) is 12.2 Å². The first-order valence-corrected chi connectivity index (χ1v) is 6.98. The van der Waals surface area contributed by atoms with E-state index >= 15 is 0 Å². The van der Waals surface area contributed by atoms with Crippen molar-refractivity contribution in [1.82, 2.24) is 9.88 Å². The van der Waals surface area contributed by atoms with Gasteiger partial charge in [-0.3, -0.25) is 9.88 Å². The quantitative estimate of drug-likeness (QED) is 0.753. The second-order valence-electron chi connectivity index (χ2n) is 5.06. The Hall–Kier alpha value is -1.15. The summed E-state index contributed by atoms with van der Waals surface area (Å²) in [6.07, 6.45) is 8.01. The fourth-order valence-electron chi connectivity index (χ4n) is 2.04. The van der Waals surface area contributed by atoms with Gasteiger partial charge < -0.3 is 0 Å². The molecule has 0 saturated carbocycles. The number of hydrogen-bond acceptors (Lipinski definition) is 2. The molecule has 0 unspecified atom stereocenters. The molecule has 100 valence electrons. The Labute approximate surface area is 112 Å². The summed E-state index contributed by atoms with van der Waals surface area (Å²) in [5, 5.41) is 0. The van der Waals surface area contributed by atoms with E-state index in [9.17, 15) is 0 Å². The van der Waals surface area contributed by atoms with Crippen LogP contribution in [0.4, 0.5) is 0 Å². The first-order chi connectivity index (χ1) is 8.74. The van der Waals surface area contributed by atoms with E-state index in [-0.39, 0.29) is 0 Å². The number of rotatable bonds is 3.